The van der Waals surface area contributed by atoms with Crippen molar-refractivity contribution in [3.8, 4) is 16.9 Å². The molecule has 0 aliphatic heterocycles. The number of hydrogen-bond acceptors (Lipinski definition) is 6. The lowest BCUT2D eigenvalue weighted by Gasteiger charge is -2.15. The topological polar surface area (TPSA) is 86.6 Å². The van der Waals surface area contributed by atoms with E-state index in [4.69, 9.17) is 9.47 Å². The SMILES string of the molecule is CCOC(=O)c1c(-c2ccccc2)csc1NC(=O)Cn1c(=O)cc(C)c2cccc(OC)c21. The number of amides is 1. The van der Waals surface area contributed by atoms with Crippen LogP contribution in [0.1, 0.15) is 22.8 Å². The first kappa shape index (κ1) is 23.3. The number of thiophene rings is 1. The summed E-state index contributed by atoms with van der Waals surface area (Å²) in [5, 5.41) is 5.82. The number of para-hydroxylation sites is 1. The standard InChI is InChI=1S/C26H24N2O5S/c1-4-33-26(31)23-19(17-9-6-5-7-10-17)15-34-25(23)27-21(29)14-28-22(30)13-16(2)18-11-8-12-20(32-3)24(18)28/h5-13,15H,4,14H2,1-3H3,(H,27,29). The minimum Gasteiger partial charge on any atom is -0.495 e. The molecule has 4 rings (SSSR count). The summed E-state index contributed by atoms with van der Waals surface area (Å²) in [4.78, 5) is 38.7. The predicted molar refractivity (Wildman–Crippen MR) is 134 cm³/mol. The zero-order valence-electron chi connectivity index (χ0n) is 19.1. The summed E-state index contributed by atoms with van der Waals surface area (Å²) in [7, 11) is 1.52. The van der Waals surface area contributed by atoms with E-state index in [2.05, 4.69) is 5.32 Å². The third-order valence-corrected chi connectivity index (χ3v) is 6.33. The maximum Gasteiger partial charge on any atom is 0.341 e. The van der Waals surface area contributed by atoms with Crippen LogP contribution >= 0.6 is 11.3 Å². The Hall–Kier alpha value is -3.91. The molecule has 174 valence electrons. The number of aryl methyl sites for hydroxylation is 1. The van der Waals surface area contributed by atoms with E-state index in [0.717, 1.165) is 16.5 Å². The van der Waals surface area contributed by atoms with Crippen molar-refractivity contribution in [3.05, 3.63) is 81.5 Å². The Kier molecular flexibility index (Phi) is 6.79. The van der Waals surface area contributed by atoms with Crippen LogP contribution in [0.15, 0.2) is 64.8 Å². The average molecular weight is 477 g/mol. The van der Waals surface area contributed by atoms with Crippen molar-refractivity contribution < 1.29 is 19.1 Å². The number of methoxy groups -OCH3 is 1. The molecule has 4 aromatic rings. The summed E-state index contributed by atoms with van der Waals surface area (Å²) < 4.78 is 12.1. The van der Waals surface area contributed by atoms with E-state index in [1.54, 1.807) is 13.0 Å². The van der Waals surface area contributed by atoms with Crippen molar-refractivity contribution in [2.75, 3.05) is 19.0 Å². The molecule has 2 aromatic heterocycles. The summed E-state index contributed by atoms with van der Waals surface area (Å²) in [5.41, 5.74) is 2.85. The molecular formula is C26H24N2O5S. The van der Waals surface area contributed by atoms with Crippen LogP contribution in [0.25, 0.3) is 22.0 Å². The van der Waals surface area contributed by atoms with Gasteiger partial charge < -0.3 is 14.8 Å². The number of ether oxygens (including phenoxy) is 2. The summed E-state index contributed by atoms with van der Waals surface area (Å²) in [6.45, 7) is 3.54. The molecule has 34 heavy (non-hydrogen) atoms. The van der Waals surface area contributed by atoms with Gasteiger partial charge in [-0.2, -0.15) is 0 Å². The number of pyridine rings is 1. The minimum absolute atomic E-state index is 0.209. The molecule has 2 heterocycles. The van der Waals surface area contributed by atoms with Crippen LogP contribution in [-0.4, -0.2) is 30.2 Å². The number of nitrogens with one attached hydrogen (secondary N) is 1. The minimum atomic E-state index is -0.516. The second kappa shape index (κ2) is 9.93. The lowest BCUT2D eigenvalue weighted by molar-refractivity contribution is -0.116. The number of hydrogen-bond donors (Lipinski definition) is 1. The van der Waals surface area contributed by atoms with Crippen molar-refractivity contribution in [2.24, 2.45) is 0 Å². The smallest absolute Gasteiger partial charge is 0.341 e. The molecule has 1 amide bonds. The normalized spacial score (nSPS) is 10.8. The van der Waals surface area contributed by atoms with Crippen LogP contribution in [0.5, 0.6) is 5.75 Å². The van der Waals surface area contributed by atoms with Crippen LogP contribution in [0.2, 0.25) is 0 Å². The van der Waals surface area contributed by atoms with Crippen molar-refractivity contribution in [1.29, 1.82) is 0 Å². The summed E-state index contributed by atoms with van der Waals surface area (Å²) in [6, 6.07) is 16.4. The Morgan fingerprint density at radius 3 is 2.56 bits per heavy atom. The van der Waals surface area contributed by atoms with Gasteiger partial charge in [0.05, 0.1) is 19.2 Å². The number of carbonyl (C=O) groups excluding carboxylic acids is 2. The highest BCUT2D eigenvalue weighted by atomic mass is 32.1. The van der Waals surface area contributed by atoms with Crippen LogP contribution in [0, 0.1) is 6.92 Å². The van der Waals surface area contributed by atoms with E-state index in [1.807, 2.05) is 54.8 Å². The molecule has 0 unspecified atom stereocenters. The van der Waals surface area contributed by atoms with Gasteiger partial charge in [0.2, 0.25) is 5.91 Å². The molecule has 8 heteroatoms. The Morgan fingerprint density at radius 1 is 1.09 bits per heavy atom. The molecule has 0 saturated carbocycles. The lowest BCUT2D eigenvalue weighted by atomic mass is 10.0. The number of esters is 1. The second-order valence-corrected chi connectivity index (χ2v) is 8.48. The Morgan fingerprint density at radius 2 is 1.85 bits per heavy atom. The van der Waals surface area contributed by atoms with Crippen LogP contribution in [-0.2, 0) is 16.1 Å². The Labute approximate surface area is 200 Å². The zero-order chi connectivity index (χ0) is 24.2. The van der Waals surface area contributed by atoms with Gasteiger partial charge in [-0.15, -0.1) is 11.3 Å². The molecule has 1 N–H and O–H groups in total. The molecule has 0 aliphatic carbocycles. The first-order chi connectivity index (χ1) is 16.4. The molecule has 0 bridgehead atoms. The number of rotatable bonds is 7. The average Bonchev–Trinajstić information content (AvgIpc) is 3.25. The fraction of sp³-hybridized carbons (Fsp3) is 0.192. The second-order valence-electron chi connectivity index (χ2n) is 7.60. The van der Waals surface area contributed by atoms with Gasteiger partial charge in [-0.25, -0.2) is 4.79 Å². The van der Waals surface area contributed by atoms with Crippen molar-refractivity contribution >= 4 is 39.1 Å². The fourth-order valence-corrected chi connectivity index (χ4v) is 4.86. The Bertz CT molecular complexity index is 1420. The molecule has 0 aliphatic rings. The summed E-state index contributed by atoms with van der Waals surface area (Å²) >= 11 is 1.24. The van der Waals surface area contributed by atoms with Crippen LogP contribution in [0.3, 0.4) is 0 Å². The van der Waals surface area contributed by atoms with E-state index in [1.165, 1.54) is 29.1 Å². The van der Waals surface area contributed by atoms with Gasteiger partial charge in [-0.1, -0.05) is 42.5 Å². The van der Waals surface area contributed by atoms with Gasteiger partial charge in [-0.3, -0.25) is 14.2 Å². The number of fused-ring (bicyclic) bond motifs is 1. The highest BCUT2D eigenvalue weighted by Crippen LogP contribution is 2.36. The van der Waals surface area contributed by atoms with Crippen LogP contribution < -0.4 is 15.6 Å². The highest BCUT2D eigenvalue weighted by Gasteiger charge is 2.23. The van der Waals surface area contributed by atoms with Gasteiger partial charge in [0, 0.05) is 22.4 Å². The van der Waals surface area contributed by atoms with Crippen LogP contribution in [0.4, 0.5) is 5.00 Å². The lowest BCUT2D eigenvalue weighted by Crippen LogP contribution is -2.28. The number of aromatic nitrogens is 1. The number of benzene rings is 2. The van der Waals surface area contributed by atoms with Gasteiger partial charge >= 0.3 is 5.97 Å². The van der Waals surface area contributed by atoms with E-state index >= 15 is 0 Å². The fourth-order valence-electron chi connectivity index (χ4n) is 3.89. The van der Waals surface area contributed by atoms with Gasteiger partial charge in [0.15, 0.2) is 0 Å². The first-order valence-corrected chi connectivity index (χ1v) is 11.6. The van der Waals surface area contributed by atoms with E-state index in [0.29, 0.717) is 27.4 Å². The molecule has 0 spiro atoms. The highest BCUT2D eigenvalue weighted by molar-refractivity contribution is 7.15. The molecule has 0 radical (unpaired) electrons. The van der Waals surface area contributed by atoms with Gasteiger partial charge in [0.25, 0.3) is 5.56 Å². The number of anilines is 1. The van der Waals surface area contributed by atoms with E-state index < -0.39 is 11.9 Å². The van der Waals surface area contributed by atoms with Crippen molar-refractivity contribution in [1.82, 2.24) is 4.57 Å². The molecule has 7 nitrogen and oxygen atoms in total. The van der Waals surface area contributed by atoms with Crippen molar-refractivity contribution in [2.45, 2.75) is 20.4 Å². The summed E-state index contributed by atoms with van der Waals surface area (Å²) in [6.07, 6.45) is 0. The maximum atomic E-state index is 13.1. The maximum absolute atomic E-state index is 13.1. The molecule has 0 fully saturated rings. The molecular weight excluding hydrogens is 452 g/mol. The third kappa shape index (κ3) is 4.45. The van der Waals surface area contributed by atoms with Gasteiger partial charge in [0.1, 0.15) is 22.9 Å². The third-order valence-electron chi connectivity index (χ3n) is 5.43. The molecule has 2 aromatic carbocycles. The number of carbonyl (C=O) groups is 2. The molecule has 0 saturated heterocycles. The quantitative estimate of drug-likeness (QED) is 0.385. The van der Waals surface area contributed by atoms with E-state index in [9.17, 15) is 14.4 Å². The summed E-state index contributed by atoms with van der Waals surface area (Å²) in [5.74, 6) is -0.455. The largest absolute Gasteiger partial charge is 0.495 e. The molecule has 0 atom stereocenters. The first-order valence-electron chi connectivity index (χ1n) is 10.8. The zero-order valence-corrected chi connectivity index (χ0v) is 19.9. The predicted octanol–water partition coefficient (Wildman–Crippen LogP) is 4.86. The van der Waals surface area contributed by atoms with E-state index in [-0.39, 0.29) is 18.7 Å². The Balaban J connectivity index is 1.71. The number of nitrogens with zero attached hydrogens (tertiary/aromatic N) is 1. The van der Waals surface area contributed by atoms with Gasteiger partial charge in [-0.05, 0) is 31.0 Å². The monoisotopic (exact) mass is 476 g/mol. The van der Waals surface area contributed by atoms with Crippen molar-refractivity contribution in [3.63, 3.8) is 0 Å².